The zero-order chi connectivity index (χ0) is 26.0. The summed E-state index contributed by atoms with van der Waals surface area (Å²) in [4.78, 5) is 23.4. The van der Waals surface area contributed by atoms with Gasteiger partial charge in [-0.2, -0.15) is 0 Å². The number of likely N-dealkylation sites (tertiary alicyclic amines) is 1. The summed E-state index contributed by atoms with van der Waals surface area (Å²) in [6, 6.07) is 10.1. The van der Waals surface area contributed by atoms with Gasteiger partial charge >= 0.3 is 6.09 Å². The fourth-order valence-electron chi connectivity index (χ4n) is 4.37. The van der Waals surface area contributed by atoms with Crippen LogP contribution in [0.15, 0.2) is 46.0 Å². The zero-order valence-electron chi connectivity index (χ0n) is 20.8. The first-order valence-electron chi connectivity index (χ1n) is 11.5. The monoisotopic (exact) mass is 567 g/mol. The largest absolute Gasteiger partial charge is 0.444 e. The van der Waals surface area contributed by atoms with E-state index in [2.05, 4.69) is 45.1 Å². The molecule has 11 heteroatoms. The van der Waals surface area contributed by atoms with Crippen LogP contribution in [0, 0.1) is 5.92 Å². The molecule has 35 heavy (non-hydrogen) atoms. The quantitative estimate of drug-likeness (QED) is 0.457. The van der Waals surface area contributed by atoms with Gasteiger partial charge in [-0.3, -0.25) is 0 Å². The van der Waals surface area contributed by atoms with Crippen molar-refractivity contribution >= 4 is 37.9 Å². The van der Waals surface area contributed by atoms with Crippen LogP contribution in [-0.4, -0.2) is 47.1 Å². The first-order chi connectivity index (χ1) is 16.1. The minimum Gasteiger partial charge on any atom is -0.444 e. The Balaban J connectivity index is 1.76. The molecule has 1 amide bonds. The number of amides is 1. The van der Waals surface area contributed by atoms with Crippen LogP contribution < -0.4 is 10.5 Å². The molecule has 1 saturated heterocycles. The Morgan fingerprint density at radius 2 is 1.94 bits per heavy atom. The molecular formula is C24H34BrN5O4S. The number of ether oxygens (including phenoxy) is 1. The summed E-state index contributed by atoms with van der Waals surface area (Å²) < 4.78 is 29.8. The number of anilines is 1. The van der Waals surface area contributed by atoms with Gasteiger partial charge in [-0.05, 0) is 100.0 Å². The molecule has 1 aliphatic rings. The van der Waals surface area contributed by atoms with Crippen LogP contribution in [0.5, 0.6) is 0 Å². The highest BCUT2D eigenvalue weighted by Crippen LogP contribution is 2.37. The number of hydrogen-bond donors (Lipinski definition) is 2. The molecule has 1 fully saturated rings. The summed E-state index contributed by atoms with van der Waals surface area (Å²) in [5.74, 6) is 0.670. The number of halogens is 1. The number of aromatic nitrogens is 2. The van der Waals surface area contributed by atoms with Crippen LogP contribution in [0.4, 0.5) is 10.6 Å². The van der Waals surface area contributed by atoms with Gasteiger partial charge in [0.15, 0.2) is 5.03 Å². The molecule has 0 aliphatic carbocycles. The van der Waals surface area contributed by atoms with Crippen LogP contribution in [0.1, 0.15) is 65.6 Å². The fourth-order valence-corrected chi connectivity index (χ4v) is 5.22. The molecule has 2 atom stereocenters. The van der Waals surface area contributed by atoms with Crippen LogP contribution in [0.3, 0.4) is 0 Å². The molecular weight excluding hydrogens is 534 g/mol. The Bertz CT molecular complexity index is 1170. The lowest BCUT2D eigenvalue weighted by Crippen LogP contribution is -2.45. The molecule has 3 N–H and O–H groups in total. The average molecular weight is 569 g/mol. The Hall–Kier alpha value is -2.24. The van der Waals surface area contributed by atoms with Gasteiger partial charge in [-0.1, -0.05) is 12.1 Å². The van der Waals surface area contributed by atoms with Gasteiger partial charge in [0.25, 0.3) is 10.0 Å². The maximum atomic E-state index is 12.8. The van der Waals surface area contributed by atoms with Crippen molar-refractivity contribution in [3.63, 3.8) is 0 Å². The number of pyridine rings is 2. The van der Waals surface area contributed by atoms with Crippen molar-refractivity contribution in [3.8, 4) is 0 Å². The molecule has 1 unspecified atom stereocenters. The first kappa shape index (κ1) is 27.3. The lowest BCUT2D eigenvalue weighted by Gasteiger charge is -2.33. The van der Waals surface area contributed by atoms with E-state index < -0.39 is 15.6 Å². The minimum absolute atomic E-state index is 0.200. The van der Waals surface area contributed by atoms with E-state index in [-0.39, 0.29) is 28.6 Å². The van der Waals surface area contributed by atoms with Gasteiger partial charge < -0.3 is 15.0 Å². The highest BCUT2D eigenvalue weighted by atomic mass is 79.9. The van der Waals surface area contributed by atoms with Gasteiger partial charge in [0.1, 0.15) is 16.0 Å². The number of nitrogens with two attached hydrogens (primary N) is 1. The van der Waals surface area contributed by atoms with Gasteiger partial charge in [0.2, 0.25) is 0 Å². The maximum absolute atomic E-state index is 12.8. The summed E-state index contributed by atoms with van der Waals surface area (Å²) in [5.41, 5.74) is -0.0658. The second-order valence-electron chi connectivity index (χ2n) is 10.5. The number of nitrogens with zero attached hydrogens (tertiary/aromatic N) is 3. The maximum Gasteiger partial charge on any atom is 0.410 e. The SMILES string of the molecule is CC(C)(C)OC(=O)N1C[C@@H](CCC(Nc2cccc(S(N)(=O)=O)n2)c2cccc(Br)n2)CC1(C)C. The summed E-state index contributed by atoms with van der Waals surface area (Å²) in [6.07, 6.45) is 2.08. The van der Waals surface area contributed by atoms with Gasteiger partial charge in [0, 0.05) is 12.1 Å². The minimum atomic E-state index is -3.92. The third kappa shape index (κ3) is 7.62. The normalized spacial score (nSPS) is 18.8. The molecule has 3 heterocycles. The molecule has 0 bridgehead atoms. The second kappa shape index (κ2) is 10.4. The van der Waals surface area contributed by atoms with Crippen LogP contribution >= 0.6 is 15.9 Å². The Kier molecular flexibility index (Phi) is 8.12. The highest BCUT2D eigenvalue weighted by molar-refractivity contribution is 9.10. The molecule has 0 aromatic carbocycles. The Labute approximate surface area is 216 Å². The van der Waals surface area contributed by atoms with Crippen molar-refractivity contribution in [3.05, 3.63) is 46.7 Å². The van der Waals surface area contributed by atoms with Crippen LogP contribution in [0.25, 0.3) is 0 Å². The predicted octanol–water partition coefficient (Wildman–Crippen LogP) is 4.86. The lowest BCUT2D eigenvalue weighted by atomic mass is 9.91. The number of carbonyl (C=O) groups is 1. The van der Waals surface area contributed by atoms with E-state index in [0.29, 0.717) is 23.4 Å². The molecule has 2 aromatic heterocycles. The summed E-state index contributed by atoms with van der Waals surface area (Å²) >= 11 is 3.43. The standard InChI is InChI=1S/C24H34BrN5O4S/c1-23(2,3)34-22(31)30-15-16(14-24(30,4)5)12-13-18(17-8-6-9-19(25)27-17)28-20-10-7-11-21(29-20)35(26,32)33/h6-11,16,18H,12-15H2,1-5H3,(H,28,29)(H2,26,32,33)/t16-,18?/m0/s1. The van der Waals surface area contributed by atoms with Crippen molar-refractivity contribution in [1.29, 1.82) is 0 Å². The highest BCUT2D eigenvalue weighted by Gasteiger charge is 2.42. The summed E-state index contributed by atoms with van der Waals surface area (Å²) in [6.45, 7) is 10.3. The van der Waals surface area contributed by atoms with Crippen molar-refractivity contribution in [1.82, 2.24) is 14.9 Å². The molecule has 192 valence electrons. The molecule has 9 nitrogen and oxygen atoms in total. The van der Waals surface area contributed by atoms with Crippen LogP contribution in [-0.2, 0) is 14.8 Å². The van der Waals surface area contributed by atoms with E-state index in [1.807, 2.05) is 43.9 Å². The molecule has 1 aliphatic heterocycles. The van der Waals surface area contributed by atoms with Crippen LogP contribution in [0.2, 0.25) is 0 Å². The number of carbonyl (C=O) groups excluding carboxylic acids is 1. The van der Waals surface area contributed by atoms with E-state index in [4.69, 9.17) is 9.88 Å². The Morgan fingerprint density at radius 1 is 1.26 bits per heavy atom. The third-order valence-electron chi connectivity index (χ3n) is 5.87. The topological polar surface area (TPSA) is 128 Å². The van der Waals surface area contributed by atoms with E-state index in [1.54, 1.807) is 12.1 Å². The van der Waals surface area contributed by atoms with Crippen molar-refractivity contribution in [2.24, 2.45) is 11.1 Å². The summed E-state index contributed by atoms with van der Waals surface area (Å²) in [7, 11) is -3.92. The number of rotatable bonds is 7. The number of nitrogens with one attached hydrogen (secondary N) is 1. The summed E-state index contributed by atoms with van der Waals surface area (Å²) in [5, 5.41) is 8.38. The van der Waals surface area contributed by atoms with E-state index in [0.717, 1.165) is 18.5 Å². The van der Waals surface area contributed by atoms with E-state index in [1.165, 1.54) is 6.07 Å². The van der Waals surface area contributed by atoms with Gasteiger partial charge in [-0.15, -0.1) is 0 Å². The van der Waals surface area contributed by atoms with Crippen molar-refractivity contribution in [2.75, 3.05) is 11.9 Å². The number of primary sulfonamides is 1. The number of sulfonamides is 1. The van der Waals surface area contributed by atoms with Crippen molar-refractivity contribution < 1.29 is 17.9 Å². The van der Waals surface area contributed by atoms with Crippen molar-refractivity contribution in [2.45, 2.75) is 76.1 Å². The molecule has 2 aromatic rings. The molecule has 3 rings (SSSR count). The van der Waals surface area contributed by atoms with Gasteiger partial charge in [0.05, 0.1) is 11.7 Å². The first-order valence-corrected chi connectivity index (χ1v) is 13.9. The Morgan fingerprint density at radius 3 is 2.57 bits per heavy atom. The molecule has 0 radical (unpaired) electrons. The fraction of sp³-hybridized carbons (Fsp3) is 0.542. The smallest absolute Gasteiger partial charge is 0.410 e. The van der Waals surface area contributed by atoms with E-state index in [9.17, 15) is 13.2 Å². The average Bonchev–Trinajstić information content (AvgIpc) is 3.04. The van der Waals surface area contributed by atoms with Gasteiger partial charge in [-0.25, -0.2) is 28.3 Å². The third-order valence-corrected chi connectivity index (χ3v) is 7.12. The zero-order valence-corrected chi connectivity index (χ0v) is 23.2. The molecule has 0 saturated carbocycles. The van der Waals surface area contributed by atoms with E-state index >= 15 is 0 Å². The second-order valence-corrected chi connectivity index (χ2v) is 12.9. The number of hydrogen-bond acceptors (Lipinski definition) is 7. The predicted molar refractivity (Wildman–Crippen MR) is 138 cm³/mol. The molecule has 0 spiro atoms. The lowest BCUT2D eigenvalue weighted by molar-refractivity contribution is 0.0130.